The molecular weight excluding hydrogens is 236 g/mol. The molecule has 0 fully saturated rings. The van der Waals surface area contributed by atoms with Crippen LogP contribution in [0.1, 0.15) is 28.5 Å². The van der Waals surface area contributed by atoms with Crippen LogP contribution in [0.4, 0.5) is 0 Å². The summed E-state index contributed by atoms with van der Waals surface area (Å²) in [4.78, 5) is 15.8. The Kier molecular flexibility index (Phi) is 2.88. The standard InChI is InChI=1S/C16H14N2O/c1-12(19)14-7-5-13(6-8-14)10-15-11-18-9-3-2-4-16(18)17-15/h2-9,11H,10H2,1H3. The topological polar surface area (TPSA) is 34.4 Å². The smallest absolute Gasteiger partial charge is 0.159 e. The van der Waals surface area contributed by atoms with Gasteiger partial charge in [-0.25, -0.2) is 4.98 Å². The van der Waals surface area contributed by atoms with Gasteiger partial charge in [0.25, 0.3) is 0 Å². The van der Waals surface area contributed by atoms with Crippen LogP contribution in [0.25, 0.3) is 5.65 Å². The third kappa shape index (κ3) is 2.40. The van der Waals surface area contributed by atoms with Gasteiger partial charge in [-0.15, -0.1) is 0 Å². The first kappa shape index (κ1) is 11.7. The number of imidazole rings is 1. The summed E-state index contributed by atoms with van der Waals surface area (Å²) in [7, 11) is 0. The lowest BCUT2D eigenvalue weighted by Gasteiger charge is -1.99. The predicted octanol–water partition coefficient (Wildman–Crippen LogP) is 3.13. The highest BCUT2D eigenvalue weighted by molar-refractivity contribution is 5.94. The molecule has 3 heteroatoms. The monoisotopic (exact) mass is 250 g/mol. The van der Waals surface area contributed by atoms with E-state index in [9.17, 15) is 4.79 Å². The molecule has 0 unspecified atom stereocenters. The Bertz CT molecular complexity index is 693. The highest BCUT2D eigenvalue weighted by atomic mass is 16.1. The van der Waals surface area contributed by atoms with Crippen molar-refractivity contribution in [1.82, 2.24) is 9.38 Å². The molecular formula is C16H14N2O. The molecule has 0 bridgehead atoms. The lowest BCUT2D eigenvalue weighted by molar-refractivity contribution is 0.101. The second-order valence-corrected chi connectivity index (χ2v) is 4.63. The minimum absolute atomic E-state index is 0.0966. The number of hydrogen-bond donors (Lipinski definition) is 0. The summed E-state index contributed by atoms with van der Waals surface area (Å²) in [6.45, 7) is 1.58. The third-order valence-electron chi connectivity index (χ3n) is 3.16. The molecule has 0 saturated heterocycles. The van der Waals surface area contributed by atoms with Crippen LogP contribution < -0.4 is 0 Å². The van der Waals surface area contributed by atoms with Gasteiger partial charge in [-0.2, -0.15) is 0 Å². The number of pyridine rings is 1. The number of ketones is 1. The van der Waals surface area contributed by atoms with Gasteiger partial charge < -0.3 is 4.40 Å². The second-order valence-electron chi connectivity index (χ2n) is 4.63. The van der Waals surface area contributed by atoms with Crippen molar-refractivity contribution in [2.45, 2.75) is 13.3 Å². The van der Waals surface area contributed by atoms with E-state index in [0.29, 0.717) is 0 Å². The van der Waals surface area contributed by atoms with Gasteiger partial charge >= 0.3 is 0 Å². The van der Waals surface area contributed by atoms with Crippen LogP contribution in [-0.4, -0.2) is 15.2 Å². The minimum Gasteiger partial charge on any atom is -0.307 e. The summed E-state index contributed by atoms with van der Waals surface area (Å²) in [5.74, 6) is 0.0966. The summed E-state index contributed by atoms with van der Waals surface area (Å²) < 4.78 is 2.01. The maximum absolute atomic E-state index is 11.2. The highest BCUT2D eigenvalue weighted by Gasteiger charge is 2.03. The molecule has 3 rings (SSSR count). The Morgan fingerprint density at radius 2 is 1.95 bits per heavy atom. The molecule has 0 aliphatic carbocycles. The first-order chi connectivity index (χ1) is 9.22. The van der Waals surface area contributed by atoms with Crippen LogP contribution in [0, 0.1) is 0 Å². The third-order valence-corrected chi connectivity index (χ3v) is 3.16. The number of carbonyl (C=O) groups is 1. The van der Waals surface area contributed by atoms with Gasteiger partial charge in [0.1, 0.15) is 5.65 Å². The van der Waals surface area contributed by atoms with Gasteiger partial charge in [0, 0.05) is 24.4 Å². The molecule has 0 aliphatic heterocycles. The van der Waals surface area contributed by atoms with E-state index >= 15 is 0 Å². The Balaban J connectivity index is 1.86. The average Bonchev–Trinajstić information content (AvgIpc) is 2.81. The van der Waals surface area contributed by atoms with Crippen molar-refractivity contribution in [1.29, 1.82) is 0 Å². The zero-order valence-electron chi connectivity index (χ0n) is 10.7. The van der Waals surface area contributed by atoms with Gasteiger partial charge in [-0.05, 0) is 24.6 Å². The van der Waals surface area contributed by atoms with E-state index in [0.717, 1.165) is 28.9 Å². The van der Waals surface area contributed by atoms with Crippen LogP contribution >= 0.6 is 0 Å². The fraction of sp³-hybridized carbons (Fsp3) is 0.125. The van der Waals surface area contributed by atoms with Crippen molar-refractivity contribution in [2.75, 3.05) is 0 Å². The number of benzene rings is 1. The fourth-order valence-corrected chi connectivity index (χ4v) is 2.14. The van der Waals surface area contributed by atoms with Crippen molar-refractivity contribution in [3.63, 3.8) is 0 Å². The second kappa shape index (κ2) is 4.69. The molecule has 1 aromatic carbocycles. The number of Topliss-reactive ketones (excluding diaryl/α,β-unsaturated/α-hetero) is 1. The maximum atomic E-state index is 11.2. The lowest BCUT2D eigenvalue weighted by Crippen LogP contribution is -1.93. The van der Waals surface area contributed by atoms with Crippen molar-refractivity contribution in [3.05, 3.63) is 71.7 Å². The lowest BCUT2D eigenvalue weighted by atomic mass is 10.1. The molecule has 0 spiro atoms. The van der Waals surface area contributed by atoms with Gasteiger partial charge in [0.2, 0.25) is 0 Å². The normalized spacial score (nSPS) is 10.8. The van der Waals surface area contributed by atoms with Crippen LogP contribution in [0.5, 0.6) is 0 Å². The quantitative estimate of drug-likeness (QED) is 0.669. The van der Waals surface area contributed by atoms with E-state index in [-0.39, 0.29) is 5.78 Å². The van der Waals surface area contributed by atoms with Crippen LogP contribution in [-0.2, 0) is 6.42 Å². The largest absolute Gasteiger partial charge is 0.307 e. The molecule has 3 aromatic rings. The van der Waals surface area contributed by atoms with E-state index < -0.39 is 0 Å². The maximum Gasteiger partial charge on any atom is 0.159 e. The first-order valence-electron chi connectivity index (χ1n) is 6.25. The van der Waals surface area contributed by atoms with Crippen molar-refractivity contribution in [2.24, 2.45) is 0 Å². The molecule has 0 N–H and O–H groups in total. The first-order valence-corrected chi connectivity index (χ1v) is 6.25. The Hall–Kier alpha value is -2.42. The fourth-order valence-electron chi connectivity index (χ4n) is 2.14. The minimum atomic E-state index is 0.0966. The van der Waals surface area contributed by atoms with Gasteiger partial charge in [0.15, 0.2) is 5.78 Å². The molecule has 19 heavy (non-hydrogen) atoms. The number of hydrogen-bond acceptors (Lipinski definition) is 2. The van der Waals surface area contributed by atoms with Crippen molar-refractivity contribution in [3.8, 4) is 0 Å². The Morgan fingerprint density at radius 3 is 2.63 bits per heavy atom. The van der Waals surface area contributed by atoms with Gasteiger partial charge in [-0.1, -0.05) is 30.3 Å². The molecule has 94 valence electrons. The Morgan fingerprint density at radius 1 is 1.16 bits per heavy atom. The number of rotatable bonds is 3. The van der Waals surface area contributed by atoms with Crippen LogP contribution in [0.15, 0.2) is 54.9 Å². The van der Waals surface area contributed by atoms with Gasteiger partial charge in [-0.3, -0.25) is 4.79 Å². The van der Waals surface area contributed by atoms with E-state index in [2.05, 4.69) is 4.98 Å². The number of aromatic nitrogens is 2. The number of carbonyl (C=O) groups excluding carboxylic acids is 1. The molecule has 0 saturated carbocycles. The van der Waals surface area contributed by atoms with E-state index in [1.165, 1.54) is 0 Å². The molecule has 0 aliphatic rings. The zero-order valence-corrected chi connectivity index (χ0v) is 10.7. The molecule has 0 radical (unpaired) electrons. The Labute approximate surface area is 111 Å². The molecule has 0 atom stereocenters. The number of nitrogens with zero attached hydrogens (tertiary/aromatic N) is 2. The molecule has 2 heterocycles. The summed E-state index contributed by atoms with van der Waals surface area (Å²) in [6.07, 6.45) is 4.80. The van der Waals surface area contributed by atoms with Gasteiger partial charge in [0.05, 0.1) is 5.69 Å². The summed E-state index contributed by atoms with van der Waals surface area (Å²) >= 11 is 0. The molecule has 0 amide bonds. The highest BCUT2D eigenvalue weighted by Crippen LogP contribution is 2.12. The van der Waals surface area contributed by atoms with Crippen molar-refractivity contribution < 1.29 is 4.79 Å². The SMILES string of the molecule is CC(=O)c1ccc(Cc2cn3ccccc3n2)cc1. The van der Waals surface area contributed by atoms with E-state index in [4.69, 9.17) is 0 Å². The predicted molar refractivity (Wildman–Crippen MR) is 74.4 cm³/mol. The number of fused-ring (bicyclic) bond motifs is 1. The summed E-state index contributed by atoms with van der Waals surface area (Å²) in [5.41, 5.74) is 3.90. The van der Waals surface area contributed by atoms with Crippen molar-refractivity contribution >= 4 is 11.4 Å². The average molecular weight is 250 g/mol. The zero-order chi connectivity index (χ0) is 13.2. The summed E-state index contributed by atoms with van der Waals surface area (Å²) in [6, 6.07) is 13.7. The summed E-state index contributed by atoms with van der Waals surface area (Å²) in [5, 5.41) is 0. The van der Waals surface area contributed by atoms with Crippen LogP contribution in [0.2, 0.25) is 0 Å². The molecule has 2 aromatic heterocycles. The van der Waals surface area contributed by atoms with E-state index in [1.807, 2.05) is 59.3 Å². The van der Waals surface area contributed by atoms with Crippen LogP contribution in [0.3, 0.4) is 0 Å². The van der Waals surface area contributed by atoms with E-state index in [1.54, 1.807) is 6.92 Å². The molecule has 3 nitrogen and oxygen atoms in total.